The maximum atomic E-state index is 13.8. The number of aliphatic carboxylic acids is 1. The Kier molecular flexibility index (Phi) is 11.6. The number of nitrogens with zero attached hydrogens (tertiary/aromatic N) is 2. The highest BCUT2D eigenvalue weighted by atomic mass is 16.4. The lowest BCUT2D eigenvalue weighted by Crippen LogP contribution is -2.68. The largest absolute Gasteiger partial charge is 0.481 e. The molecule has 1 aromatic carbocycles. The van der Waals surface area contributed by atoms with Crippen LogP contribution in [-0.2, 0) is 11.2 Å². The van der Waals surface area contributed by atoms with Crippen molar-refractivity contribution in [3.05, 3.63) is 47.0 Å². The van der Waals surface area contributed by atoms with Crippen LogP contribution >= 0.6 is 0 Å². The number of carbonyl (C=O) groups is 2. The van der Waals surface area contributed by atoms with Crippen molar-refractivity contribution in [1.82, 2.24) is 4.90 Å². The van der Waals surface area contributed by atoms with Crippen molar-refractivity contribution < 1.29 is 19.2 Å². The van der Waals surface area contributed by atoms with Gasteiger partial charge in [-0.15, -0.1) is 0 Å². The van der Waals surface area contributed by atoms with Gasteiger partial charge in [-0.1, -0.05) is 62.8 Å². The van der Waals surface area contributed by atoms with Gasteiger partial charge in [0.25, 0.3) is 5.91 Å². The highest BCUT2D eigenvalue weighted by Crippen LogP contribution is 2.43. The third-order valence-corrected chi connectivity index (χ3v) is 11.2. The summed E-state index contributed by atoms with van der Waals surface area (Å²) in [6.45, 7) is 6.16. The third kappa shape index (κ3) is 8.07. The molecule has 1 aromatic rings. The number of rotatable bonds is 18. The Balaban J connectivity index is 0.947. The number of fused-ring (bicyclic) bond motifs is 3. The smallest absolute Gasteiger partial charge is 0.303 e. The first-order valence-electron chi connectivity index (χ1n) is 17.7. The van der Waals surface area contributed by atoms with Crippen molar-refractivity contribution in [3.8, 4) is 0 Å². The lowest BCUT2D eigenvalue weighted by molar-refractivity contribution is -0.945. The van der Waals surface area contributed by atoms with E-state index in [4.69, 9.17) is 5.11 Å². The third-order valence-electron chi connectivity index (χ3n) is 11.2. The van der Waals surface area contributed by atoms with E-state index in [0.29, 0.717) is 30.2 Å². The van der Waals surface area contributed by atoms with Crippen LogP contribution in [0.1, 0.15) is 143 Å². The molecule has 1 N–H and O–H groups in total. The fraction of sp³-hybridized carbons (Fsp3) is 0.730. The summed E-state index contributed by atoms with van der Waals surface area (Å²) in [5.74, 6) is 0.946. The lowest BCUT2D eigenvalue weighted by atomic mass is 9.75. The molecular formula is C37H57N2O3+. The molecule has 4 heterocycles. The molecule has 232 valence electrons. The Morgan fingerprint density at radius 1 is 0.881 bits per heavy atom. The van der Waals surface area contributed by atoms with Gasteiger partial charge in [-0.2, -0.15) is 0 Å². The molecule has 0 unspecified atom stereocenters. The van der Waals surface area contributed by atoms with Crippen LogP contribution in [0.15, 0.2) is 30.4 Å². The minimum Gasteiger partial charge on any atom is -0.481 e. The number of hydrogen-bond donors (Lipinski definition) is 1. The average Bonchev–Trinajstić information content (AvgIpc) is 3.01. The second-order valence-electron chi connectivity index (χ2n) is 14.1. The lowest BCUT2D eigenvalue weighted by Gasteiger charge is -2.56. The van der Waals surface area contributed by atoms with Gasteiger partial charge in [0.2, 0.25) is 0 Å². The number of hydrogen-bond acceptors (Lipinski definition) is 2. The standard InChI is InChI=1S/C37H56N2O3/c40-35(41)22-14-12-10-8-6-4-2-1-3-5-7-9-11-13-15-25-39-26-23-30(24-27-39)34(29-39)38-28-32-20-16-18-31-19-17-21-33(36(31)32)37(38)42/h1-2,17,19,21,30,32,34H,3-16,18,20,22-29H2/p+1/b2-1-/t30?,32-,34-,39?/m1/s1. The molecule has 3 fully saturated rings. The molecule has 4 aliphatic heterocycles. The van der Waals surface area contributed by atoms with E-state index in [0.717, 1.165) is 37.8 Å². The predicted molar refractivity (Wildman–Crippen MR) is 171 cm³/mol. The topological polar surface area (TPSA) is 57.6 Å². The molecule has 0 saturated carbocycles. The molecule has 0 aromatic heterocycles. The van der Waals surface area contributed by atoms with E-state index in [1.54, 1.807) is 0 Å². The molecule has 6 rings (SSSR count). The Morgan fingerprint density at radius 2 is 1.55 bits per heavy atom. The number of benzene rings is 1. The number of carbonyl (C=O) groups excluding carboxylic acids is 1. The van der Waals surface area contributed by atoms with Crippen LogP contribution in [0.5, 0.6) is 0 Å². The van der Waals surface area contributed by atoms with E-state index in [9.17, 15) is 9.59 Å². The number of amides is 1. The van der Waals surface area contributed by atoms with Gasteiger partial charge < -0.3 is 14.5 Å². The summed E-state index contributed by atoms with van der Waals surface area (Å²) < 4.78 is 1.27. The maximum Gasteiger partial charge on any atom is 0.303 e. The number of allylic oxidation sites excluding steroid dienone is 2. The van der Waals surface area contributed by atoms with Gasteiger partial charge >= 0.3 is 5.97 Å². The first-order chi connectivity index (χ1) is 20.6. The number of piperidine rings is 3. The predicted octanol–water partition coefficient (Wildman–Crippen LogP) is 8.27. The summed E-state index contributed by atoms with van der Waals surface area (Å²) in [4.78, 5) is 26.7. The zero-order valence-corrected chi connectivity index (χ0v) is 26.2. The molecule has 3 saturated heterocycles. The molecule has 2 atom stereocenters. The van der Waals surface area contributed by atoms with Crippen molar-refractivity contribution in [3.63, 3.8) is 0 Å². The number of carboxylic acids is 1. The summed E-state index contributed by atoms with van der Waals surface area (Å²) in [7, 11) is 0. The van der Waals surface area contributed by atoms with Gasteiger partial charge in [-0.05, 0) is 87.3 Å². The highest BCUT2D eigenvalue weighted by Gasteiger charge is 2.50. The Morgan fingerprint density at radius 3 is 2.26 bits per heavy atom. The van der Waals surface area contributed by atoms with E-state index in [1.165, 1.54) is 132 Å². The molecule has 5 heteroatoms. The minimum absolute atomic E-state index is 0.319. The molecular weight excluding hydrogens is 520 g/mol. The van der Waals surface area contributed by atoms with Crippen molar-refractivity contribution in [1.29, 1.82) is 0 Å². The van der Waals surface area contributed by atoms with E-state index in [-0.39, 0.29) is 0 Å². The van der Waals surface area contributed by atoms with Gasteiger partial charge in [-0.3, -0.25) is 9.59 Å². The highest BCUT2D eigenvalue weighted by molar-refractivity contribution is 5.98. The molecule has 42 heavy (non-hydrogen) atoms. The fourth-order valence-corrected chi connectivity index (χ4v) is 8.76. The summed E-state index contributed by atoms with van der Waals surface area (Å²) in [6, 6.07) is 6.96. The van der Waals surface area contributed by atoms with Crippen LogP contribution in [0.25, 0.3) is 0 Å². The first-order valence-corrected chi connectivity index (χ1v) is 17.7. The van der Waals surface area contributed by atoms with E-state index < -0.39 is 5.97 Å². The maximum absolute atomic E-state index is 13.8. The van der Waals surface area contributed by atoms with E-state index >= 15 is 0 Å². The van der Waals surface area contributed by atoms with Gasteiger partial charge in [-0.25, -0.2) is 0 Å². The number of quaternary nitrogens is 1. The molecule has 5 aliphatic rings. The fourth-order valence-electron chi connectivity index (χ4n) is 8.76. The van der Waals surface area contributed by atoms with E-state index in [1.807, 2.05) is 0 Å². The van der Waals surface area contributed by atoms with Gasteiger partial charge in [0.15, 0.2) is 0 Å². The average molecular weight is 578 g/mol. The Hall–Kier alpha value is -2.14. The van der Waals surface area contributed by atoms with Crippen LogP contribution in [0.3, 0.4) is 0 Å². The van der Waals surface area contributed by atoms with Crippen LogP contribution < -0.4 is 0 Å². The molecule has 1 amide bonds. The second-order valence-corrected chi connectivity index (χ2v) is 14.1. The Bertz CT molecular complexity index is 1060. The zero-order valence-electron chi connectivity index (χ0n) is 26.2. The van der Waals surface area contributed by atoms with Gasteiger partial charge in [0, 0.05) is 37.3 Å². The van der Waals surface area contributed by atoms with Crippen molar-refractivity contribution >= 4 is 11.9 Å². The SMILES string of the molecule is O=C(O)CCCCCCC/C=C\CCCCCCCC[N+]12CCC(CC1)[C@H](N1C[C@H]3CCCc4cccc(c43)C1=O)C2. The van der Waals surface area contributed by atoms with Gasteiger partial charge in [0.05, 0.1) is 32.2 Å². The van der Waals surface area contributed by atoms with Crippen LogP contribution in [0, 0.1) is 5.92 Å². The van der Waals surface area contributed by atoms with Crippen LogP contribution in [-0.4, -0.2) is 65.1 Å². The number of unbranched alkanes of at least 4 members (excludes halogenated alkanes) is 11. The molecule has 0 radical (unpaired) electrons. The second kappa shape index (κ2) is 15.5. The summed E-state index contributed by atoms with van der Waals surface area (Å²) in [5.41, 5.74) is 3.88. The summed E-state index contributed by atoms with van der Waals surface area (Å²) >= 11 is 0. The van der Waals surface area contributed by atoms with Crippen molar-refractivity contribution in [2.24, 2.45) is 5.92 Å². The normalized spacial score (nSPS) is 26.6. The van der Waals surface area contributed by atoms with Crippen LogP contribution in [0.4, 0.5) is 0 Å². The van der Waals surface area contributed by atoms with Gasteiger partial charge in [0.1, 0.15) is 0 Å². The van der Waals surface area contributed by atoms with Crippen LogP contribution in [0.2, 0.25) is 0 Å². The first kappa shape index (κ1) is 31.3. The quantitative estimate of drug-likeness (QED) is 0.109. The van der Waals surface area contributed by atoms with E-state index in [2.05, 4.69) is 35.3 Å². The Labute approximate surface area is 255 Å². The minimum atomic E-state index is -0.669. The summed E-state index contributed by atoms with van der Waals surface area (Å²) in [5, 5.41) is 8.67. The number of carboxylic acid groups (broad SMARTS) is 1. The summed E-state index contributed by atoms with van der Waals surface area (Å²) in [6.07, 6.45) is 27.3. The van der Waals surface area contributed by atoms with Crippen molar-refractivity contribution in [2.75, 3.05) is 32.7 Å². The van der Waals surface area contributed by atoms with Crippen molar-refractivity contribution in [2.45, 2.75) is 134 Å². The molecule has 1 aliphatic carbocycles. The monoisotopic (exact) mass is 577 g/mol. The number of aryl methyl sites for hydroxylation is 1. The molecule has 5 nitrogen and oxygen atoms in total. The zero-order chi connectivity index (χ0) is 29.2. The molecule has 0 spiro atoms. The molecule has 2 bridgehead atoms.